The summed E-state index contributed by atoms with van der Waals surface area (Å²) in [4.78, 5) is 12.0. The summed E-state index contributed by atoms with van der Waals surface area (Å²) in [5.41, 5.74) is 0.396. The molecule has 2 rings (SSSR count). The summed E-state index contributed by atoms with van der Waals surface area (Å²) >= 11 is 6.26. The molecule has 98 valence electrons. The van der Waals surface area contributed by atoms with E-state index in [4.69, 9.17) is 0 Å². The summed E-state index contributed by atoms with van der Waals surface area (Å²) in [7, 11) is 0. The van der Waals surface area contributed by atoms with Gasteiger partial charge in [0.05, 0.1) is 14.6 Å². The van der Waals surface area contributed by atoms with Gasteiger partial charge >= 0.3 is 0 Å². The van der Waals surface area contributed by atoms with Crippen LogP contribution < -0.4 is 5.32 Å². The Hall–Kier alpha value is -1.40. The molecule has 0 aliphatic heterocycles. The number of aromatic hydroxyl groups is 1. The molecule has 0 saturated heterocycles. The summed E-state index contributed by atoms with van der Waals surface area (Å²) in [6.45, 7) is 0. The van der Waals surface area contributed by atoms with Crippen LogP contribution in [0, 0.1) is 5.82 Å². The Labute approximate surface area is 125 Å². The van der Waals surface area contributed by atoms with Gasteiger partial charge in [-0.15, -0.1) is 0 Å². The number of hydrogen-bond donors (Lipinski definition) is 2. The zero-order chi connectivity index (χ0) is 14.0. The van der Waals surface area contributed by atoms with Crippen LogP contribution >= 0.6 is 31.9 Å². The maximum Gasteiger partial charge on any atom is 0.255 e. The number of phenols is 1. The third kappa shape index (κ3) is 3.13. The van der Waals surface area contributed by atoms with E-state index in [0.29, 0.717) is 14.5 Å². The smallest absolute Gasteiger partial charge is 0.255 e. The number of amides is 1. The standard InChI is InChI=1S/C13H8Br2FNO2/c14-8-5-7(6-9(15)12(8)18)13(19)17-11-4-2-1-3-10(11)16/h1-6,18H,(H,17,19). The summed E-state index contributed by atoms with van der Waals surface area (Å²) in [6.07, 6.45) is 0. The first-order valence-corrected chi connectivity index (χ1v) is 6.81. The number of carbonyl (C=O) groups excluding carboxylic acids is 1. The average molecular weight is 389 g/mol. The van der Waals surface area contributed by atoms with Crippen LogP contribution in [0.1, 0.15) is 10.4 Å². The second-order valence-corrected chi connectivity index (χ2v) is 5.43. The van der Waals surface area contributed by atoms with Crippen molar-refractivity contribution in [3.63, 3.8) is 0 Å². The molecule has 0 bridgehead atoms. The van der Waals surface area contributed by atoms with E-state index in [2.05, 4.69) is 37.2 Å². The van der Waals surface area contributed by atoms with Gasteiger partial charge in [-0.3, -0.25) is 4.79 Å². The SMILES string of the molecule is O=C(Nc1ccccc1F)c1cc(Br)c(O)c(Br)c1. The number of benzene rings is 2. The lowest BCUT2D eigenvalue weighted by molar-refractivity contribution is 0.102. The molecule has 0 aromatic heterocycles. The van der Waals surface area contributed by atoms with Gasteiger partial charge in [-0.05, 0) is 56.1 Å². The largest absolute Gasteiger partial charge is 0.506 e. The van der Waals surface area contributed by atoms with Crippen molar-refractivity contribution in [2.75, 3.05) is 5.32 Å². The van der Waals surface area contributed by atoms with Gasteiger partial charge in [-0.2, -0.15) is 0 Å². The van der Waals surface area contributed by atoms with Gasteiger partial charge in [0.15, 0.2) is 0 Å². The first-order chi connectivity index (χ1) is 8.99. The molecule has 2 aromatic carbocycles. The van der Waals surface area contributed by atoms with Crippen LogP contribution in [0.25, 0.3) is 0 Å². The zero-order valence-electron chi connectivity index (χ0n) is 9.45. The molecule has 6 heteroatoms. The van der Waals surface area contributed by atoms with Crippen molar-refractivity contribution < 1.29 is 14.3 Å². The number of halogens is 3. The average Bonchev–Trinajstić information content (AvgIpc) is 2.38. The van der Waals surface area contributed by atoms with Gasteiger partial charge in [0.25, 0.3) is 5.91 Å². The predicted octanol–water partition coefficient (Wildman–Crippen LogP) is 4.31. The molecule has 0 fully saturated rings. The molecule has 0 aliphatic carbocycles. The Morgan fingerprint density at radius 1 is 1.16 bits per heavy atom. The number of nitrogens with one attached hydrogen (secondary N) is 1. The molecule has 2 aromatic rings. The molecule has 3 nitrogen and oxygen atoms in total. The fraction of sp³-hybridized carbons (Fsp3) is 0. The molecule has 0 radical (unpaired) electrons. The zero-order valence-corrected chi connectivity index (χ0v) is 12.6. The maximum absolute atomic E-state index is 13.4. The Morgan fingerprint density at radius 3 is 2.32 bits per heavy atom. The maximum atomic E-state index is 13.4. The molecule has 0 aliphatic rings. The van der Waals surface area contributed by atoms with Crippen molar-refractivity contribution in [3.05, 3.63) is 56.7 Å². The second-order valence-electron chi connectivity index (χ2n) is 3.72. The molecule has 2 N–H and O–H groups in total. The lowest BCUT2D eigenvalue weighted by atomic mass is 10.2. The topological polar surface area (TPSA) is 49.3 Å². The van der Waals surface area contributed by atoms with Gasteiger partial charge in [-0.1, -0.05) is 12.1 Å². The summed E-state index contributed by atoms with van der Waals surface area (Å²) in [5.74, 6) is -0.971. The van der Waals surface area contributed by atoms with Gasteiger partial charge in [-0.25, -0.2) is 4.39 Å². The minimum absolute atomic E-state index is 0.00226. The number of carbonyl (C=O) groups is 1. The van der Waals surface area contributed by atoms with E-state index in [-0.39, 0.29) is 11.4 Å². The van der Waals surface area contributed by atoms with Gasteiger partial charge in [0.2, 0.25) is 0 Å². The van der Waals surface area contributed by atoms with E-state index in [1.54, 1.807) is 12.1 Å². The van der Waals surface area contributed by atoms with Gasteiger partial charge in [0, 0.05) is 5.56 Å². The number of para-hydroxylation sites is 1. The first-order valence-electron chi connectivity index (χ1n) is 5.23. The monoisotopic (exact) mass is 387 g/mol. The lowest BCUT2D eigenvalue weighted by Gasteiger charge is -2.08. The Kier molecular flexibility index (Phi) is 4.21. The van der Waals surface area contributed by atoms with E-state index in [1.807, 2.05) is 0 Å². The summed E-state index contributed by atoms with van der Waals surface area (Å²) in [5, 5.41) is 12.0. The molecular weight excluding hydrogens is 381 g/mol. The summed E-state index contributed by atoms with van der Waals surface area (Å²) < 4.78 is 14.2. The van der Waals surface area contributed by atoms with E-state index < -0.39 is 11.7 Å². The van der Waals surface area contributed by atoms with Crippen LogP contribution in [0.2, 0.25) is 0 Å². The highest BCUT2D eigenvalue weighted by Gasteiger charge is 2.13. The van der Waals surface area contributed by atoms with Crippen LogP contribution in [0.3, 0.4) is 0 Å². The van der Waals surface area contributed by atoms with Crippen molar-refractivity contribution >= 4 is 43.5 Å². The molecule has 0 heterocycles. The fourth-order valence-corrected chi connectivity index (χ4v) is 2.64. The Morgan fingerprint density at radius 2 is 1.74 bits per heavy atom. The quantitative estimate of drug-likeness (QED) is 0.805. The van der Waals surface area contributed by atoms with Crippen molar-refractivity contribution in [2.24, 2.45) is 0 Å². The lowest BCUT2D eigenvalue weighted by Crippen LogP contribution is -2.13. The number of anilines is 1. The molecule has 0 atom stereocenters. The Balaban J connectivity index is 2.28. The predicted molar refractivity (Wildman–Crippen MR) is 77.9 cm³/mol. The third-order valence-corrected chi connectivity index (χ3v) is 3.61. The highest BCUT2D eigenvalue weighted by molar-refractivity contribution is 9.11. The first kappa shape index (κ1) is 14.0. The van der Waals surface area contributed by atoms with Crippen LogP contribution in [0.5, 0.6) is 5.75 Å². The molecule has 19 heavy (non-hydrogen) atoms. The molecule has 0 unspecified atom stereocenters. The number of hydrogen-bond acceptors (Lipinski definition) is 2. The number of phenolic OH excluding ortho intramolecular Hbond substituents is 1. The molecule has 1 amide bonds. The van der Waals surface area contributed by atoms with E-state index in [9.17, 15) is 14.3 Å². The highest BCUT2D eigenvalue weighted by Crippen LogP contribution is 2.33. The van der Waals surface area contributed by atoms with Crippen molar-refractivity contribution in [1.29, 1.82) is 0 Å². The number of rotatable bonds is 2. The van der Waals surface area contributed by atoms with Crippen molar-refractivity contribution in [2.45, 2.75) is 0 Å². The van der Waals surface area contributed by atoms with Crippen LogP contribution in [-0.4, -0.2) is 11.0 Å². The molecule has 0 spiro atoms. The second kappa shape index (κ2) is 5.71. The van der Waals surface area contributed by atoms with Crippen LogP contribution in [-0.2, 0) is 0 Å². The van der Waals surface area contributed by atoms with Crippen LogP contribution in [0.15, 0.2) is 45.3 Å². The van der Waals surface area contributed by atoms with Crippen molar-refractivity contribution in [3.8, 4) is 5.75 Å². The van der Waals surface area contributed by atoms with Gasteiger partial charge < -0.3 is 10.4 Å². The van der Waals surface area contributed by atoms with Crippen molar-refractivity contribution in [1.82, 2.24) is 0 Å². The molecule has 0 saturated carbocycles. The van der Waals surface area contributed by atoms with E-state index >= 15 is 0 Å². The normalized spacial score (nSPS) is 10.3. The van der Waals surface area contributed by atoms with Gasteiger partial charge in [0.1, 0.15) is 11.6 Å². The summed E-state index contributed by atoms with van der Waals surface area (Å²) in [6, 6.07) is 8.81. The minimum atomic E-state index is -0.507. The molecular formula is C13H8Br2FNO2. The minimum Gasteiger partial charge on any atom is -0.506 e. The highest BCUT2D eigenvalue weighted by atomic mass is 79.9. The van der Waals surface area contributed by atoms with Crippen LogP contribution in [0.4, 0.5) is 10.1 Å². The van der Waals surface area contributed by atoms with E-state index in [1.165, 1.54) is 24.3 Å². The van der Waals surface area contributed by atoms with E-state index in [0.717, 1.165) is 0 Å². The fourth-order valence-electron chi connectivity index (χ4n) is 1.45. The Bertz CT molecular complexity index is 623. The third-order valence-electron chi connectivity index (χ3n) is 2.40.